The molecule has 0 atom stereocenters. The molecule has 0 aliphatic carbocycles. The molecular weight excluding hydrogens is 252 g/mol. The third kappa shape index (κ3) is 3.11. The Hall–Kier alpha value is -1.89. The van der Waals surface area contributed by atoms with E-state index in [1.54, 1.807) is 12.1 Å². The van der Waals surface area contributed by atoms with Gasteiger partial charge in [-0.1, -0.05) is 6.92 Å². The van der Waals surface area contributed by atoms with Crippen LogP contribution >= 0.6 is 0 Å². The molecule has 0 aliphatic heterocycles. The van der Waals surface area contributed by atoms with E-state index in [4.69, 9.17) is 0 Å². The molecular formula is C12H15F2N5. The lowest BCUT2D eigenvalue weighted by molar-refractivity contribution is 0.141. The van der Waals surface area contributed by atoms with Gasteiger partial charge in [0, 0.05) is 18.3 Å². The summed E-state index contributed by atoms with van der Waals surface area (Å²) in [6.07, 6.45) is 1.27. The number of aromatic nitrogens is 4. The fraction of sp³-hybridized carbons (Fsp3) is 0.417. The van der Waals surface area contributed by atoms with Crippen molar-refractivity contribution in [2.75, 3.05) is 6.54 Å². The van der Waals surface area contributed by atoms with Gasteiger partial charge in [0.25, 0.3) is 6.43 Å². The summed E-state index contributed by atoms with van der Waals surface area (Å²) >= 11 is 0. The van der Waals surface area contributed by atoms with Crippen molar-refractivity contribution in [2.45, 2.75) is 26.3 Å². The summed E-state index contributed by atoms with van der Waals surface area (Å²) in [5, 5.41) is 14.5. The van der Waals surface area contributed by atoms with E-state index in [0.29, 0.717) is 17.9 Å². The van der Waals surface area contributed by atoms with Gasteiger partial charge in [-0.15, -0.1) is 5.10 Å². The van der Waals surface area contributed by atoms with Crippen LogP contribution in [0.1, 0.15) is 31.0 Å². The van der Waals surface area contributed by atoms with Gasteiger partial charge in [0.05, 0.1) is 6.20 Å². The minimum atomic E-state index is -2.61. The Balaban J connectivity index is 2.30. The summed E-state index contributed by atoms with van der Waals surface area (Å²) in [7, 11) is 0. The number of alkyl halides is 2. The summed E-state index contributed by atoms with van der Waals surface area (Å²) in [6, 6.07) is 3.23. The van der Waals surface area contributed by atoms with Gasteiger partial charge in [0.2, 0.25) is 0 Å². The second kappa shape index (κ2) is 6.33. The zero-order chi connectivity index (χ0) is 13.7. The van der Waals surface area contributed by atoms with Gasteiger partial charge in [0.1, 0.15) is 5.69 Å². The fourth-order valence-corrected chi connectivity index (χ4v) is 1.75. The van der Waals surface area contributed by atoms with E-state index in [2.05, 4.69) is 20.6 Å². The maximum absolute atomic E-state index is 13.2. The van der Waals surface area contributed by atoms with Gasteiger partial charge in [-0.2, -0.15) is 10.2 Å². The predicted octanol–water partition coefficient (Wildman–Crippen LogP) is 2.10. The average Bonchev–Trinajstić information content (AvgIpc) is 2.84. The molecule has 0 saturated heterocycles. The predicted molar refractivity (Wildman–Crippen MR) is 66.1 cm³/mol. The molecule has 2 aromatic rings. The minimum absolute atomic E-state index is 0.135. The van der Waals surface area contributed by atoms with E-state index in [0.717, 1.165) is 17.6 Å². The van der Waals surface area contributed by atoms with Gasteiger partial charge in [-0.25, -0.2) is 13.5 Å². The first-order valence-corrected chi connectivity index (χ1v) is 6.07. The van der Waals surface area contributed by atoms with E-state index < -0.39 is 6.43 Å². The number of halogens is 2. The van der Waals surface area contributed by atoms with Crippen molar-refractivity contribution in [3.05, 3.63) is 35.8 Å². The van der Waals surface area contributed by atoms with Crippen LogP contribution in [0.15, 0.2) is 24.5 Å². The Labute approximate surface area is 109 Å². The number of rotatable bonds is 6. The largest absolute Gasteiger partial charge is 0.313 e. The molecule has 0 aromatic carbocycles. The van der Waals surface area contributed by atoms with E-state index >= 15 is 0 Å². The van der Waals surface area contributed by atoms with Gasteiger partial charge < -0.3 is 5.32 Å². The first kappa shape index (κ1) is 13.5. The summed E-state index contributed by atoms with van der Waals surface area (Å²) in [6.45, 7) is 3.16. The summed E-state index contributed by atoms with van der Waals surface area (Å²) in [5.41, 5.74) is 0.346. The maximum atomic E-state index is 13.2. The van der Waals surface area contributed by atoms with Gasteiger partial charge in [-0.3, -0.25) is 0 Å². The lowest BCUT2D eigenvalue weighted by atomic mass is 10.2. The summed E-state index contributed by atoms with van der Waals surface area (Å²) < 4.78 is 27.5. The van der Waals surface area contributed by atoms with E-state index in [1.807, 2.05) is 6.92 Å². The molecule has 0 saturated carbocycles. The highest BCUT2D eigenvalue weighted by Gasteiger charge is 2.21. The molecule has 0 amide bonds. The van der Waals surface area contributed by atoms with Crippen LogP contribution in [0, 0.1) is 0 Å². The highest BCUT2D eigenvalue weighted by atomic mass is 19.3. The monoisotopic (exact) mass is 267 g/mol. The van der Waals surface area contributed by atoms with Crippen molar-refractivity contribution in [3.8, 4) is 5.82 Å². The molecule has 2 heterocycles. The number of hydrogen-bond acceptors (Lipinski definition) is 4. The summed E-state index contributed by atoms with van der Waals surface area (Å²) in [4.78, 5) is 0. The van der Waals surface area contributed by atoms with Gasteiger partial charge in [-0.05, 0) is 25.1 Å². The van der Waals surface area contributed by atoms with E-state index in [9.17, 15) is 8.78 Å². The third-order valence-corrected chi connectivity index (χ3v) is 2.61. The zero-order valence-electron chi connectivity index (χ0n) is 10.6. The lowest BCUT2D eigenvalue weighted by Gasteiger charge is -2.08. The van der Waals surface area contributed by atoms with Gasteiger partial charge >= 0.3 is 0 Å². The van der Waals surface area contributed by atoms with E-state index in [1.165, 1.54) is 12.4 Å². The van der Waals surface area contributed by atoms with Crippen molar-refractivity contribution < 1.29 is 8.78 Å². The van der Waals surface area contributed by atoms with Crippen LogP contribution in [0.2, 0.25) is 0 Å². The Morgan fingerprint density at radius 3 is 2.89 bits per heavy atom. The molecule has 19 heavy (non-hydrogen) atoms. The minimum Gasteiger partial charge on any atom is -0.313 e. The standard InChI is InChI=1S/C12H15F2N5/c1-2-5-15-7-9-8-17-19(11(9)12(13)14)10-4-3-6-16-18-10/h3-4,6,8,12,15H,2,5,7H2,1H3. The molecule has 0 fully saturated rings. The molecule has 0 aliphatic rings. The Morgan fingerprint density at radius 1 is 1.42 bits per heavy atom. The molecule has 0 bridgehead atoms. The smallest absolute Gasteiger partial charge is 0.280 e. The topological polar surface area (TPSA) is 55.6 Å². The molecule has 0 unspecified atom stereocenters. The fourth-order valence-electron chi connectivity index (χ4n) is 1.75. The molecule has 7 heteroatoms. The van der Waals surface area contributed by atoms with Crippen molar-refractivity contribution in [1.29, 1.82) is 0 Å². The SMILES string of the molecule is CCCNCc1cnn(-c2cccnn2)c1C(F)F. The zero-order valence-corrected chi connectivity index (χ0v) is 10.6. The second-order valence-electron chi connectivity index (χ2n) is 4.03. The summed E-state index contributed by atoms with van der Waals surface area (Å²) in [5.74, 6) is 0.291. The molecule has 102 valence electrons. The highest BCUT2D eigenvalue weighted by Crippen LogP contribution is 2.24. The van der Waals surface area contributed by atoms with Crippen LogP contribution < -0.4 is 5.32 Å². The van der Waals surface area contributed by atoms with Crippen LogP contribution in [0.4, 0.5) is 8.78 Å². The Bertz CT molecular complexity index is 512. The van der Waals surface area contributed by atoms with Crippen LogP contribution in [0.25, 0.3) is 5.82 Å². The lowest BCUT2D eigenvalue weighted by Crippen LogP contribution is -2.15. The normalized spacial score (nSPS) is 11.2. The first-order chi connectivity index (χ1) is 9.24. The average molecular weight is 267 g/mol. The van der Waals surface area contributed by atoms with Crippen LogP contribution in [-0.4, -0.2) is 26.5 Å². The molecule has 2 rings (SSSR count). The third-order valence-electron chi connectivity index (χ3n) is 2.61. The quantitative estimate of drug-likeness (QED) is 0.814. The van der Waals surface area contributed by atoms with Crippen molar-refractivity contribution in [1.82, 2.24) is 25.3 Å². The Morgan fingerprint density at radius 2 is 2.26 bits per heavy atom. The molecule has 1 N–H and O–H groups in total. The Kier molecular flexibility index (Phi) is 4.51. The van der Waals surface area contributed by atoms with Crippen molar-refractivity contribution in [3.63, 3.8) is 0 Å². The molecule has 5 nitrogen and oxygen atoms in total. The number of nitrogens with one attached hydrogen (secondary N) is 1. The van der Waals surface area contributed by atoms with Crippen LogP contribution in [0.5, 0.6) is 0 Å². The van der Waals surface area contributed by atoms with E-state index in [-0.39, 0.29) is 5.69 Å². The van der Waals surface area contributed by atoms with Crippen molar-refractivity contribution >= 4 is 0 Å². The second-order valence-corrected chi connectivity index (χ2v) is 4.03. The molecule has 0 spiro atoms. The maximum Gasteiger partial charge on any atom is 0.280 e. The molecule has 0 radical (unpaired) electrons. The first-order valence-electron chi connectivity index (χ1n) is 6.07. The van der Waals surface area contributed by atoms with Crippen LogP contribution in [-0.2, 0) is 6.54 Å². The van der Waals surface area contributed by atoms with Gasteiger partial charge in [0.15, 0.2) is 5.82 Å². The highest BCUT2D eigenvalue weighted by molar-refractivity contribution is 5.28. The molecule has 2 aromatic heterocycles. The van der Waals surface area contributed by atoms with Crippen LogP contribution in [0.3, 0.4) is 0 Å². The number of hydrogen-bond donors (Lipinski definition) is 1. The van der Waals surface area contributed by atoms with Crippen molar-refractivity contribution in [2.24, 2.45) is 0 Å². The number of nitrogens with zero attached hydrogens (tertiary/aromatic N) is 4.